The third-order valence-electron chi connectivity index (χ3n) is 3.99. The normalized spacial score (nSPS) is 29.7. The molecule has 2 aliphatic rings. The molecule has 2 atom stereocenters. The summed E-state index contributed by atoms with van der Waals surface area (Å²) in [5, 5.41) is 3.56. The Hall–Kier alpha value is 0.0600. The van der Waals surface area contributed by atoms with E-state index in [1.54, 1.807) is 0 Å². The van der Waals surface area contributed by atoms with Crippen LogP contribution in [0.25, 0.3) is 0 Å². The van der Waals surface area contributed by atoms with E-state index in [1.165, 1.54) is 12.8 Å². The van der Waals surface area contributed by atoms with Crippen LogP contribution in [0.15, 0.2) is 0 Å². The zero-order valence-electron chi connectivity index (χ0n) is 11.4. The highest BCUT2D eigenvalue weighted by Crippen LogP contribution is 2.37. The second-order valence-corrected chi connectivity index (χ2v) is 6.75. The van der Waals surface area contributed by atoms with E-state index < -0.39 is 5.51 Å². The number of hydrogen-bond donors (Lipinski definition) is 1. The van der Waals surface area contributed by atoms with Crippen LogP contribution in [0.1, 0.15) is 32.6 Å². The van der Waals surface area contributed by atoms with Crippen molar-refractivity contribution in [3.8, 4) is 0 Å². The zero-order chi connectivity index (χ0) is 13.9. The Morgan fingerprint density at radius 1 is 1.32 bits per heavy atom. The van der Waals surface area contributed by atoms with E-state index in [1.807, 2.05) is 0 Å². The Kier molecular flexibility index (Phi) is 5.43. The van der Waals surface area contributed by atoms with Gasteiger partial charge in [-0.1, -0.05) is 13.3 Å². The van der Waals surface area contributed by atoms with Gasteiger partial charge < -0.3 is 5.32 Å². The van der Waals surface area contributed by atoms with E-state index in [-0.39, 0.29) is 17.5 Å². The number of rotatable bonds is 6. The molecule has 6 heteroatoms. The van der Waals surface area contributed by atoms with Crippen molar-refractivity contribution in [2.24, 2.45) is 5.92 Å². The summed E-state index contributed by atoms with van der Waals surface area (Å²) in [6.07, 6.45) is 4.72. The number of halogens is 3. The highest BCUT2D eigenvalue weighted by molar-refractivity contribution is 8.00. The van der Waals surface area contributed by atoms with Crippen molar-refractivity contribution in [3.63, 3.8) is 0 Å². The molecule has 2 unspecified atom stereocenters. The molecule has 2 rings (SSSR count). The fourth-order valence-corrected chi connectivity index (χ4v) is 3.48. The van der Waals surface area contributed by atoms with Crippen molar-refractivity contribution >= 4 is 11.8 Å². The number of nitrogens with zero attached hydrogens (tertiary/aromatic N) is 1. The number of nitrogens with one attached hydrogen (secondary N) is 1. The van der Waals surface area contributed by atoms with Gasteiger partial charge in [-0.25, -0.2) is 0 Å². The van der Waals surface area contributed by atoms with Crippen molar-refractivity contribution < 1.29 is 13.2 Å². The molecule has 1 aliphatic heterocycles. The van der Waals surface area contributed by atoms with E-state index in [2.05, 4.69) is 17.1 Å². The summed E-state index contributed by atoms with van der Waals surface area (Å²) in [4.78, 5) is 2.30. The molecule has 0 aromatic heterocycles. The maximum Gasteiger partial charge on any atom is 0.441 e. The van der Waals surface area contributed by atoms with Crippen LogP contribution < -0.4 is 5.32 Å². The van der Waals surface area contributed by atoms with Gasteiger partial charge in [-0.2, -0.15) is 13.2 Å². The molecular weight excluding hydrogens is 273 g/mol. The van der Waals surface area contributed by atoms with Crippen LogP contribution in [0.2, 0.25) is 0 Å². The molecule has 0 spiro atoms. The van der Waals surface area contributed by atoms with Crippen LogP contribution in [0.4, 0.5) is 13.2 Å². The third kappa shape index (κ3) is 5.16. The smallest absolute Gasteiger partial charge is 0.311 e. The monoisotopic (exact) mass is 296 g/mol. The van der Waals surface area contributed by atoms with Crippen molar-refractivity contribution in [2.75, 3.05) is 25.4 Å². The topological polar surface area (TPSA) is 15.3 Å². The average molecular weight is 296 g/mol. The largest absolute Gasteiger partial charge is 0.441 e. The molecule has 1 heterocycles. The molecule has 1 N–H and O–H groups in total. The van der Waals surface area contributed by atoms with E-state index in [0.717, 1.165) is 25.9 Å². The van der Waals surface area contributed by atoms with Crippen LogP contribution in [-0.2, 0) is 0 Å². The molecule has 1 saturated carbocycles. The quantitative estimate of drug-likeness (QED) is 0.811. The maximum absolute atomic E-state index is 12.2. The lowest BCUT2D eigenvalue weighted by Gasteiger charge is -2.41. The van der Waals surface area contributed by atoms with E-state index in [9.17, 15) is 13.2 Å². The molecule has 0 amide bonds. The van der Waals surface area contributed by atoms with Crippen LogP contribution >= 0.6 is 11.8 Å². The molecule has 0 aromatic rings. The molecule has 2 nitrogen and oxygen atoms in total. The fourth-order valence-electron chi connectivity index (χ4n) is 2.92. The molecule has 2 fully saturated rings. The summed E-state index contributed by atoms with van der Waals surface area (Å²) in [5.41, 5.74) is -4.09. The summed E-state index contributed by atoms with van der Waals surface area (Å²) >= 11 is 0.114. The van der Waals surface area contributed by atoms with Gasteiger partial charge in [0, 0.05) is 37.5 Å². The first-order valence-electron chi connectivity index (χ1n) is 7.17. The third-order valence-corrected chi connectivity index (χ3v) is 4.70. The molecule has 0 radical (unpaired) electrons. The van der Waals surface area contributed by atoms with Gasteiger partial charge in [0.05, 0.1) is 0 Å². The first kappa shape index (κ1) is 15.4. The number of piperazine rings is 1. The highest BCUT2D eigenvalue weighted by Gasteiger charge is 2.38. The first-order valence-corrected chi connectivity index (χ1v) is 8.16. The van der Waals surface area contributed by atoms with Gasteiger partial charge in [0.25, 0.3) is 0 Å². The number of hydrogen-bond acceptors (Lipinski definition) is 3. The Balaban J connectivity index is 1.81. The van der Waals surface area contributed by atoms with Crippen molar-refractivity contribution in [3.05, 3.63) is 0 Å². The van der Waals surface area contributed by atoms with E-state index in [4.69, 9.17) is 0 Å². The molecular formula is C13H23F3N2S. The maximum atomic E-state index is 12.2. The summed E-state index contributed by atoms with van der Waals surface area (Å²) < 4.78 is 36.6. The van der Waals surface area contributed by atoms with Crippen LogP contribution in [0, 0.1) is 5.92 Å². The molecule has 1 aliphatic carbocycles. The van der Waals surface area contributed by atoms with Gasteiger partial charge in [-0.05, 0) is 36.9 Å². The van der Waals surface area contributed by atoms with Crippen molar-refractivity contribution in [2.45, 2.75) is 50.2 Å². The standard InChI is InChI=1S/C13H23F3N2S/c1-2-3-11-9-18(6-7-19-13(14,15)16)12(8-17-11)10-4-5-10/h10-12,17H,2-9H2,1H3. The van der Waals surface area contributed by atoms with Crippen molar-refractivity contribution in [1.82, 2.24) is 10.2 Å². The van der Waals surface area contributed by atoms with Crippen LogP contribution in [0.3, 0.4) is 0 Å². The lowest BCUT2D eigenvalue weighted by atomic mass is 10.0. The molecule has 112 valence electrons. The average Bonchev–Trinajstić information content (AvgIpc) is 3.12. The van der Waals surface area contributed by atoms with Gasteiger partial charge in [0.15, 0.2) is 0 Å². The zero-order valence-corrected chi connectivity index (χ0v) is 12.2. The molecule has 0 aromatic carbocycles. The lowest BCUT2D eigenvalue weighted by molar-refractivity contribution is -0.0329. The minimum Gasteiger partial charge on any atom is -0.311 e. The summed E-state index contributed by atoms with van der Waals surface area (Å²) in [6.45, 7) is 4.57. The second kappa shape index (κ2) is 6.68. The van der Waals surface area contributed by atoms with Gasteiger partial charge in [-0.15, -0.1) is 0 Å². The highest BCUT2D eigenvalue weighted by atomic mass is 32.2. The van der Waals surface area contributed by atoms with E-state index >= 15 is 0 Å². The predicted molar refractivity (Wildman–Crippen MR) is 73.3 cm³/mol. The van der Waals surface area contributed by atoms with Gasteiger partial charge >= 0.3 is 5.51 Å². The molecule has 1 saturated heterocycles. The van der Waals surface area contributed by atoms with E-state index in [0.29, 0.717) is 24.5 Å². The molecule has 19 heavy (non-hydrogen) atoms. The second-order valence-electron chi connectivity index (χ2n) is 5.59. The van der Waals surface area contributed by atoms with Crippen LogP contribution in [0.5, 0.6) is 0 Å². The first-order chi connectivity index (χ1) is 8.99. The summed E-state index contributed by atoms with van der Waals surface area (Å²) in [6, 6.07) is 0.915. The Morgan fingerprint density at radius 2 is 2.05 bits per heavy atom. The van der Waals surface area contributed by atoms with Gasteiger partial charge in [0.1, 0.15) is 0 Å². The number of alkyl halides is 3. The fraction of sp³-hybridized carbons (Fsp3) is 1.00. The van der Waals surface area contributed by atoms with Gasteiger partial charge in [0.2, 0.25) is 0 Å². The minimum atomic E-state index is -4.09. The minimum absolute atomic E-state index is 0.114. The van der Waals surface area contributed by atoms with Gasteiger partial charge in [-0.3, -0.25) is 4.90 Å². The molecule has 0 bridgehead atoms. The van der Waals surface area contributed by atoms with Crippen molar-refractivity contribution in [1.29, 1.82) is 0 Å². The number of thioether (sulfide) groups is 1. The Morgan fingerprint density at radius 3 is 2.63 bits per heavy atom. The summed E-state index contributed by atoms with van der Waals surface area (Å²) in [7, 11) is 0. The Labute approximate surface area is 117 Å². The SMILES string of the molecule is CCCC1CN(CCSC(F)(F)F)C(C2CC2)CN1. The predicted octanol–water partition coefficient (Wildman–Crippen LogP) is 3.09. The van der Waals surface area contributed by atoms with Crippen LogP contribution in [-0.4, -0.2) is 47.9 Å². The summed E-state index contributed by atoms with van der Waals surface area (Å²) in [5.74, 6) is 0.872. The lowest BCUT2D eigenvalue weighted by Crippen LogP contribution is -2.57. The Bertz CT molecular complexity index is 282.